The second-order valence-electron chi connectivity index (χ2n) is 5.35. The van der Waals surface area contributed by atoms with Gasteiger partial charge in [0.2, 0.25) is 0 Å². The van der Waals surface area contributed by atoms with Gasteiger partial charge < -0.3 is 10.2 Å². The van der Waals surface area contributed by atoms with Gasteiger partial charge in [0, 0.05) is 24.8 Å². The Kier molecular flexibility index (Phi) is 3.17. The van der Waals surface area contributed by atoms with Crippen LogP contribution in [0.4, 0.5) is 18.9 Å². The fourth-order valence-corrected chi connectivity index (χ4v) is 3.23. The molecular weight excluding hydrogens is 253 g/mol. The molecule has 0 aliphatic carbocycles. The summed E-state index contributed by atoms with van der Waals surface area (Å²) in [7, 11) is 0. The first-order valence-corrected chi connectivity index (χ1v) is 6.70. The van der Waals surface area contributed by atoms with Gasteiger partial charge in [-0.05, 0) is 49.6 Å². The molecule has 2 nitrogen and oxygen atoms in total. The largest absolute Gasteiger partial charge is 0.416 e. The van der Waals surface area contributed by atoms with Crippen LogP contribution in [0.5, 0.6) is 0 Å². The molecule has 2 aliphatic heterocycles. The average molecular weight is 270 g/mol. The molecule has 2 aliphatic rings. The van der Waals surface area contributed by atoms with E-state index in [4.69, 9.17) is 0 Å². The summed E-state index contributed by atoms with van der Waals surface area (Å²) in [5.41, 5.74) is 0.331. The first-order chi connectivity index (χ1) is 9.05. The summed E-state index contributed by atoms with van der Waals surface area (Å²) in [6.07, 6.45) is -1.94. The standard InChI is InChI=1S/C14H17F3N2/c15-14(16,17)11-1-3-12(4-2-11)19-8-6-10-5-7-18-9-13(10)19/h1-4,10,13,18H,5-9H2. The molecule has 2 atom stereocenters. The van der Waals surface area contributed by atoms with E-state index in [0.29, 0.717) is 12.0 Å². The van der Waals surface area contributed by atoms with E-state index in [-0.39, 0.29) is 0 Å². The summed E-state index contributed by atoms with van der Waals surface area (Å²) in [4.78, 5) is 2.25. The molecule has 104 valence electrons. The Bertz CT molecular complexity index is 441. The van der Waals surface area contributed by atoms with E-state index in [1.807, 2.05) is 0 Å². The quantitative estimate of drug-likeness (QED) is 0.844. The SMILES string of the molecule is FC(F)(F)c1ccc(N2CCC3CCNCC32)cc1. The second kappa shape index (κ2) is 4.71. The number of halogens is 3. The van der Waals surface area contributed by atoms with Crippen molar-refractivity contribution in [3.05, 3.63) is 29.8 Å². The fourth-order valence-electron chi connectivity index (χ4n) is 3.23. The molecule has 0 aromatic heterocycles. The van der Waals surface area contributed by atoms with E-state index in [1.54, 1.807) is 12.1 Å². The van der Waals surface area contributed by atoms with Crippen LogP contribution in [0.3, 0.4) is 0 Å². The smallest absolute Gasteiger partial charge is 0.367 e. The van der Waals surface area contributed by atoms with Crippen LogP contribution in [0, 0.1) is 5.92 Å². The predicted octanol–water partition coefficient (Wildman–Crippen LogP) is 2.89. The fraction of sp³-hybridized carbons (Fsp3) is 0.571. The second-order valence-corrected chi connectivity index (χ2v) is 5.35. The van der Waals surface area contributed by atoms with Gasteiger partial charge in [-0.2, -0.15) is 13.2 Å². The molecule has 0 radical (unpaired) electrons. The average Bonchev–Trinajstić information content (AvgIpc) is 2.82. The Morgan fingerprint density at radius 1 is 1.11 bits per heavy atom. The van der Waals surface area contributed by atoms with E-state index in [1.165, 1.54) is 18.6 Å². The maximum absolute atomic E-state index is 12.5. The molecule has 1 N–H and O–H groups in total. The molecular formula is C14H17F3N2. The molecule has 2 unspecified atom stereocenters. The van der Waals surface area contributed by atoms with Crippen molar-refractivity contribution in [1.82, 2.24) is 5.32 Å². The van der Waals surface area contributed by atoms with Crippen molar-refractivity contribution in [3.63, 3.8) is 0 Å². The highest BCUT2D eigenvalue weighted by Crippen LogP contribution is 2.35. The van der Waals surface area contributed by atoms with E-state index in [0.717, 1.165) is 31.7 Å². The van der Waals surface area contributed by atoms with E-state index < -0.39 is 11.7 Å². The summed E-state index contributed by atoms with van der Waals surface area (Å²) in [5.74, 6) is 0.684. The van der Waals surface area contributed by atoms with Gasteiger partial charge in [-0.15, -0.1) is 0 Å². The van der Waals surface area contributed by atoms with E-state index in [2.05, 4.69) is 10.2 Å². The van der Waals surface area contributed by atoms with E-state index in [9.17, 15) is 13.2 Å². The molecule has 0 saturated carbocycles. The number of hydrogen-bond donors (Lipinski definition) is 1. The highest BCUT2D eigenvalue weighted by molar-refractivity contribution is 5.50. The van der Waals surface area contributed by atoms with Gasteiger partial charge in [-0.25, -0.2) is 0 Å². The summed E-state index contributed by atoms with van der Waals surface area (Å²) >= 11 is 0. The Hall–Kier alpha value is -1.23. The Labute approximate surface area is 110 Å². The van der Waals surface area contributed by atoms with Crippen molar-refractivity contribution in [2.45, 2.75) is 25.1 Å². The molecule has 0 bridgehead atoms. The van der Waals surface area contributed by atoms with Gasteiger partial charge in [0.25, 0.3) is 0 Å². The minimum absolute atomic E-state index is 0.436. The van der Waals surface area contributed by atoms with Crippen molar-refractivity contribution < 1.29 is 13.2 Å². The van der Waals surface area contributed by atoms with Crippen molar-refractivity contribution in [1.29, 1.82) is 0 Å². The van der Waals surface area contributed by atoms with Crippen LogP contribution >= 0.6 is 0 Å². The van der Waals surface area contributed by atoms with Gasteiger partial charge in [0.15, 0.2) is 0 Å². The number of nitrogens with zero attached hydrogens (tertiary/aromatic N) is 1. The van der Waals surface area contributed by atoms with Crippen molar-refractivity contribution in [2.75, 3.05) is 24.5 Å². The number of piperidine rings is 1. The van der Waals surface area contributed by atoms with Crippen LogP contribution in [-0.4, -0.2) is 25.7 Å². The lowest BCUT2D eigenvalue weighted by Crippen LogP contribution is -2.45. The van der Waals surface area contributed by atoms with Crippen LogP contribution in [0.1, 0.15) is 18.4 Å². The summed E-state index contributed by atoms with van der Waals surface area (Å²) in [6, 6.07) is 5.99. The third-order valence-electron chi connectivity index (χ3n) is 4.26. The first-order valence-electron chi connectivity index (χ1n) is 6.70. The van der Waals surface area contributed by atoms with Gasteiger partial charge >= 0.3 is 6.18 Å². The summed E-state index contributed by atoms with van der Waals surface area (Å²) < 4.78 is 37.6. The number of rotatable bonds is 1. The molecule has 0 amide bonds. The number of nitrogens with one attached hydrogen (secondary N) is 1. The molecule has 2 heterocycles. The van der Waals surface area contributed by atoms with Crippen LogP contribution in [0.25, 0.3) is 0 Å². The predicted molar refractivity (Wildman–Crippen MR) is 68.2 cm³/mol. The van der Waals surface area contributed by atoms with Crippen molar-refractivity contribution in [2.24, 2.45) is 5.92 Å². The summed E-state index contributed by atoms with van der Waals surface area (Å²) in [6.45, 7) is 2.94. The molecule has 19 heavy (non-hydrogen) atoms. The Morgan fingerprint density at radius 2 is 1.84 bits per heavy atom. The monoisotopic (exact) mass is 270 g/mol. The molecule has 1 aromatic carbocycles. The van der Waals surface area contributed by atoms with Gasteiger partial charge in [-0.1, -0.05) is 0 Å². The van der Waals surface area contributed by atoms with Gasteiger partial charge in [0.1, 0.15) is 0 Å². The summed E-state index contributed by atoms with van der Waals surface area (Å²) in [5, 5.41) is 3.37. The third-order valence-corrected chi connectivity index (χ3v) is 4.26. The minimum atomic E-state index is -4.25. The molecule has 1 aromatic rings. The molecule has 2 saturated heterocycles. The molecule has 0 spiro atoms. The zero-order valence-corrected chi connectivity index (χ0v) is 10.6. The molecule has 2 fully saturated rings. The van der Waals surface area contributed by atoms with Crippen LogP contribution in [0.2, 0.25) is 0 Å². The lowest BCUT2D eigenvalue weighted by Gasteiger charge is -2.33. The maximum Gasteiger partial charge on any atom is 0.416 e. The molecule has 5 heteroatoms. The van der Waals surface area contributed by atoms with Crippen LogP contribution in [0.15, 0.2) is 24.3 Å². The van der Waals surface area contributed by atoms with Crippen LogP contribution < -0.4 is 10.2 Å². The number of alkyl halides is 3. The third kappa shape index (κ3) is 2.43. The first kappa shape index (κ1) is 12.8. The van der Waals surface area contributed by atoms with E-state index >= 15 is 0 Å². The maximum atomic E-state index is 12.5. The Balaban J connectivity index is 1.79. The van der Waals surface area contributed by atoms with Gasteiger partial charge in [0.05, 0.1) is 5.56 Å². The van der Waals surface area contributed by atoms with Crippen molar-refractivity contribution in [3.8, 4) is 0 Å². The van der Waals surface area contributed by atoms with Crippen molar-refractivity contribution >= 4 is 5.69 Å². The highest BCUT2D eigenvalue weighted by atomic mass is 19.4. The topological polar surface area (TPSA) is 15.3 Å². The number of anilines is 1. The zero-order valence-electron chi connectivity index (χ0n) is 10.6. The normalized spacial score (nSPS) is 27.4. The van der Waals surface area contributed by atoms with Gasteiger partial charge in [-0.3, -0.25) is 0 Å². The number of fused-ring (bicyclic) bond motifs is 1. The zero-order chi connectivity index (χ0) is 13.5. The minimum Gasteiger partial charge on any atom is -0.367 e. The lowest BCUT2D eigenvalue weighted by molar-refractivity contribution is -0.137. The number of benzene rings is 1. The number of hydrogen-bond acceptors (Lipinski definition) is 2. The molecule has 3 rings (SSSR count). The van der Waals surface area contributed by atoms with Crippen LogP contribution in [-0.2, 0) is 6.18 Å². The highest BCUT2D eigenvalue weighted by Gasteiger charge is 2.36. The lowest BCUT2D eigenvalue weighted by atomic mass is 9.93. The Morgan fingerprint density at radius 3 is 2.53 bits per heavy atom.